The maximum Gasteiger partial charge on any atom is 0.0423 e. The lowest BCUT2D eigenvalue weighted by molar-refractivity contribution is 1.29. The predicted molar refractivity (Wildman–Crippen MR) is 92.6 cm³/mol. The number of rotatable bonds is 2. The molecular weight excluding hydrogens is 254 g/mol. The van der Waals surface area contributed by atoms with Crippen LogP contribution in [0.15, 0.2) is 60.8 Å². The molecule has 102 valence electrons. The minimum Gasteiger partial charge on any atom is -0.359 e. The van der Waals surface area contributed by atoms with Gasteiger partial charge in [0.25, 0.3) is 0 Å². The van der Waals surface area contributed by atoms with Crippen LogP contribution in [0.2, 0.25) is 0 Å². The first kappa shape index (κ1) is 12.2. The zero-order valence-electron chi connectivity index (χ0n) is 12.1. The van der Waals surface area contributed by atoms with E-state index in [1.165, 1.54) is 38.4 Å². The monoisotopic (exact) mass is 271 g/mol. The first-order valence-electron chi connectivity index (χ1n) is 7.30. The quantitative estimate of drug-likeness (QED) is 0.606. The first-order valence-corrected chi connectivity index (χ1v) is 7.30. The van der Waals surface area contributed by atoms with Crippen LogP contribution >= 0.6 is 0 Å². The molecule has 4 rings (SSSR count). The number of hydrogen-bond acceptors (Lipinski definition) is 1. The van der Waals surface area contributed by atoms with Crippen molar-refractivity contribution in [1.29, 1.82) is 0 Å². The normalized spacial score (nSPS) is 12.8. The predicted octanol–water partition coefficient (Wildman–Crippen LogP) is 5.51. The third-order valence-corrected chi connectivity index (χ3v) is 4.13. The van der Waals surface area contributed by atoms with Gasteiger partial charge in [-0.2, -0.15) is 0 Å². The number of nitrogens with one attached hydrogen (secondary N) is 1. The maximum absolute atomic E-state index is 3.98. The van der Waals surface area contributed by atoms with E-state index in [1.54, 1.807) is 0 Å². The summed E-state index contributed by atoms with van der Waals surface area (Å²) in [6.45, 7) is 5.98. The maximum atomic E-state index is 3.98. The molecule has 0 amide bonds. The highest BCUT2D eigenvalue weighted by molar-refractivity contribution is 6.14. The van der Waals surface area contributed by atoms with Crippen LogP contribution in [-0.4, -0.2) is 0 Å². The van der Waals surface area contributed by atoms with Crippen LogP contribution in [0, 0.1) is 0 Å². The average Bonchev–Trinajstić information content (AvgIpc) is 2.67. The van der Waals surface area contributed by atoms with Gasteiger partial charge in [0, 0.05) is 11.4 Å². The summed E-state index contributed by atoms with van der Waals surface area (Å²) in [7, 11) is 0. The standard InChI is InChI=1S/C20H17N/c1-13(2)21-18-12-11-16-10-9-15-6-3-5-14-7-4-8-17(18)20(16)19(14)15/h3-7,9-12,21H,1,8H2,2H3. The van der Waals surface area contributed by atoms with Gasteiger partial charge in [-0.15, -0.1) is 0 Å². The fourth-order valence-corrected chi connectivity index (χ4v) is 3.30. The van der Waals surface area contributed by atoms with Crippen molar-refractivity contribution in [3.8, 4) is 0 Å². The van der Waals surface area contributed by atoms with Crippen molar-refractivity contribution in [3.05, 3.63) is 71.9 Å². The molecule has 1 heteroatoms. The van der Waals surface area contributed by atoms with Gasteiger partial charge in [-0.1, -0.05) is 55.1 Å². The topological polar surface area (TPSA) is 12.0 Å². The molecule has 1 N–H and O–H groups in total. The van der Waals surface area contributed by atoms with Crippen molar-refractivity contribution in [1.82, 2.24) is 0 Å². The summed E-state index contributed by atoms with van der Waals surface area (Å²) in [5.41, 5.74) is 4.81. The van der Waals surface area contributed by atoms with E-state index < -0.39 is 0 Å². The molecule has 1 nitrogen and oxygen atoms in total. The fraction of sp³-hybridized carbons (Fsp3) is 0.100. The second kappa shape index (κ2) is 4.49. The van der Waals surface area contributed by atoms with E-state index in [1.807, 2.05) is 6.92 Å². The zero-order valence-corrected chi connectivity index (χ0v) is 12.1. The van der Waals surface area contributed by atoms with Gasteiger partial charge >= 0.3 is 0 Å². The fourth-order valence-electron chi connectivity index (χ4n) is 3.30. The Morgan fingerprint density at radius 1 is 1.00 bits per heavy atom. The Labute approximate surface area is 124 Å². The molecule has 0 radical (unpaired) electrons. The lowest BCUT2D eigenvalue weighted by Crippen LogP contribution is -1.99. The number of benzene rings is 3. The van der Waals surface area contributed by atoms with Crippen LogP contribution in [0.5, 0.6) is 0 Å². The number of allylic oxidation sites excluding steroid dienone is 2. The molecular formula is C20H17N. The second-order valence-electron chi connectivity index (χ2n) is 5.71. The summed E-state index contributed by atoms with van der Waals surface area (Å²) in [5, 5.41) is 8.76. The molecule has 0 saturated heterocycles. The summed E-state index contributed by atoms with van der Waals surface area (Å²) in [4.78, 5) is 0. The summed E-state index contributed by atoms with van der Waals surface area (Å²) in [6, 6.07) is 15.3. The summed E-state index contributed by atoms with van der Waals surface area (Å²) < 4.78 is 0. The van der Waals surface area contributed by atoms with Gasteiger partial charge in [-0.3, -0.25) is 0 Å². The van der Waals surface area contributed by atoms with Gasteiger partial charge in [0.05, 0.1) is 0 Å². The molecule has 0 fully saturated rings. The van der Waals surface area contributed by atoms with Crippen LogP contribution in [0.1, 0.15) is 18.1 Å². The Morgan fingerprint density at radius 3 is 2.57 bits per heavy atom. The summed E-state index contributed by atoms with van der Waals surface area (Å²) in [6.07, 6.45) is 5.44. The second-order valence-corrected chi connectivity index (χ2v) is 5.71. The van der Waals surface area contributed by atoms with Crippen LogP contribution in [-0.2, 0) is 6.42 Å². The molecule has 0 bridgehead atoms. The lowest BCUT2D eigenvalue weighted by Gasteiger charge is -2.15. The van der Waals surface area contributed by atoms with Gasteiger partial charge in [-0.05, 0) is 52.1 Å². The van der Waals surface area contributed by atoms with Crippen LogP contribution in [0.25, 0.3) is 27.6 Å². The van der Waals surface area contributed by atoms with Crippen LogP contribution < -0.4 is 5.32 Å². The third-order valence-electron chi connectivity index (χ3n) is 4.13. The van der Waals surface area contributed by atoms with E-state index in [0.717, 1.165) is 12.1 Å². The number of hydrogen-bond donors (Lipinski definition) is 1. The highest BCUT2D eigenvalue weighted by Crippen LogP contribution is 2.37. The van der Waals surface area contributed by atoms with Crippen molar-refractivity contribution < 1.29 is 0 Å². The van der Waals surface area contributed by atoms with E-state index in [4.69, 9.17) is 0 Å². The molecule has 3 aromatic rings. The molecule has 0 aliphatic heterocycles. The highest BCUT2D eigenvalue weighted by atomic mass is 14.9. The molecule has 0 heterocycles. The van der Waals surface area contributed by atoms with Crippen LogP contribution in [0.3, 0.4) is 0 Å². The SMILES string of the molecule is C=C(C)Nc1ccc2ccc3cccc4c3c2c1CC=C4. The molecule has 1 aliphatic rings. The molecule has 1 aliphatic carbocycles. The van der Waals surface area contributed by atoms with E-state index >= 15 is 0 Å². The van der Waals surface area contributed by atoms with Crippen molar-refractivity contribution in [2.75, 3.05) is 5.32 Å². The van der Waals surface area contributed by atoms with Gasteiger partial charge in [0.15, 0.2) is 0 Å². The van der Waals surface area contributed by atoms with E-state index in [0.29, 0.717) is 0 Å². The van der Waals surface area contributed by atoms with E-state index in [9.17, 15) is 0 Å². The largest absolute Gasteiger partial charge is 0.359 e. The molecule has 0 saturated carbocycles. The zero-order chi connectivity index (χ0) is 14.4. The van der Waals surface area contributed by atoms with Crippen molar-refractivity contribution in [3.63, 3.8) is 0 Å². The molecule has 21 heavy (non-hydrogen) atoms. The molecule has 3 aromatic carbocycles. The van der Waals surface area contributed by atoms with Crippen molar-refractivity contribution in [2.45, 2.75) is 13.3 Å². The molecule has 0 spiro atoms. The highest BCUT2D eigenvalue weighted by Gasteiger charge is 2.13. The Bertz CT molecular complexity index is 916. The third kappa shape index (κ3) is 1.85. The summed E-state index contributed by atoms with van der Waals surface area (Å²) >= 11 is 0. The first-order chi connectivity index (χ1) is 10.2. The minimum atomic E-state index is 0.945. The number of anilines is 1. The molecule has 0 aromatic heterocycles. The van der Waals surface area contributed by atoms with Crippen molar-refractivity contribution >= 4 is 33.3 Å². The smallest absolute Gasteiger partial charge is 0.0423 e. The Balaban J connectivity index is 2.19. The van der Waals surface area contributed by atoms with E-state index in [-0.39, 0.29) is 0 Å². The van der Waals surface area contributed by atoms with Gasteiger partial charge < -0.3 is 5.32 Å². The molecule has 0 unspecified atom stereocenters. The van der Waals surface area contributed by atoms with Gasteiger partial charge in [0.2, 0.25) is 0 Å². The van der Waals surface area contributed by atoms with Crippen molar-refractivity contribution in [2.24, 2.45) is 0 Å². The molecule has 0 atom stereocenters. The van der Waals surface area contributed by atoms with Gasteiger partial charge in [-0.25, -0.2) is 0 Å². The lowest BCUT2D eigenvalue weighted by atomic mass is 9.94. The Hall–Kier alpha value is -2.54. The summed E-state index contributed by atoms with van der Waals surface area (Å²) in [5.74, 6) is 0. The van der Waals surface area contributed by atoms with E-state index in [2.05, 4.69) is 66.5 Å². The van der Waals surface area contributed by atoms with Crippen LogP contribution in [0.4, 0.5) is 5.69 Å². The Kier molecular flexibility index (Phi) is 2.61. The Morgan fingerprint density at radius 2 is 1.76 bits per heavy atom. The van der Waals surface area contributed by atoms with Gasteiger partial charge in [0.1, 0.15) is 0 Å². The average molecular weight is 271 g/mol. The minimum absolute atomic E-state index is 0.945.